The Morgan fingerprint density at radius 2 is 2.40 bits per heavy atom. The maximum Gasteiger partial charge on any atom is 0.334 e. The van der Waals surface area contributed by atoms with Gasteiger partial charge in [0.15, 0.2) is 0 Å². The number of ketones is 1. The molecule has 1 aliphatic rings. The van der Waals surface area contributed by atoms with Gasteiger partial charge in [0.1, 0.15) is 12.4 Å². The summed E-state index contributed by atoms with van der Waals surface area (Å²) in [4.78, 5) is 21.3. The van der Waals surface area contributed by atoms with Crippen LogP contribution in [0.4, 0.5) is 0 Å². The molecule has 3 heteroatoms. The fraction of sp³-hybridized carbons (Fsp3) is 0.429. The zero-order valence-electron chi connectivity index (χ0n) is 5.72. The molecule has 1 saturated heterocycles. The molecule has 0 aliphatic carbocycles. The molecule has 0 amide bonds. The van der Waals surface area contributed by atoms with Crippen molar-refractivity contribution in [3.63, 3.8) is 0 Å². The number of hydrogen-bond donors (Lipinski definition) is 0. The number of esters is 1. The molecular weight excluding hydrogens is 132 g/mol. The Hall–Kier alpha value is -1.12. The third-order valence-corrected chi connectivity index (χ3v) is 1.55. The van der Waals surface area contributed by atoms with E-state index < -0.39 is 11.9 Å². The first-order valence-electron chi connectivity index (χ1n) is 2.99. The van der Waals surface area contributed by atoms with Crippen molar-refractivity contribution in [2.24, 2.45) is 5.92 Å². The van der Waals surface area contributed by atoms with E-state index in [4.69, 9.17) is 0 Å². The van der Waals surface area contributed by atoms with Crippen LogP contribution >= 0.6 is 0 Å². The lowest BCUT2D eigenvalue weighted by molar-refractivity contribution is -0.135. The van der Waals surface area contributed by atoms with Crippen molar-refractivity contribution in [3.8, 4) is 0 Å². The number of cyclic esters (lactones) is 1. The topological polar surface area (TPSA) is 43.4 Å². The number of carbonyl (C=O) groups excluding carboxylic acids is 2. The van der Waals surface area contributed by atoms with Crippen LogP contribution in [-0.4, -0.2) is 18.4 Å². The molecular formula is C7H8O3. The van der Waals surface area contributed by atoms with Gasteiger partial charge in [-0.2, -0.15) is 0 Å². The summed E-state index contributed by atoms with van der Waals surface area (Å²) in [6.45, 7) is 5.04. The summed E-state index contributed by atoms with van der Waals surface area (Å²) in [5.74, 6) is -0.899. The first-order chi connectivity index (χ1) is 4.63. The standard InChI is InChI=1S/C7H8O3/c1-4-6(5(2)8)3-10-7(4)9/h6H,1,3H2,2H3/t6-/m1/s1. The summed E-state index contributed by atoms with van der Waals surface area (Å²) < 4.78 is 4.58. The van der Waals surface area contributed by atoms with Crippen molar-refractivity contribution in [1.29, 1.82) is 0 Å². The highest BCUT2D eigenvalue weighted by Gasteiger charge is 2.31. The maximum absolute atomic E-state index is 10.7. The van der Waals surface area contributed by atoms with Crippen LogP contribution in [0.2, 0.25) is 0 Å². The summed E-state index contributed by atoms with van der Waals surface area (Å²) in [5, 5.41) is 0. The van der Waals surface area contributed by atoms with Gasteiger partial charge in [0, 0.05) is 5.57 Å². The molecule has 0 unspecified atom stereocenters. The van der Waals surface area contributed by atoms with Gasteiger partial charge >= 0.3 is 5.97 Å². The molecule has 1 heterocycles. The lowest BCUT2D eigenvalue weighted by Gasteiger charge is -1.97. The minimum absolute atomic E-state index is 0.0594. The number of ether oxygens (including phenoxy) is 1. The van der Waals surface area contributed by atoms with E-state index in [-0.39, 0.29) is 18.0 Å². The van der Waals surface area contributed by atoms with Gasteiger partial charge in [0.2, 0.25) is 0 Å². The van der Waals surface area contributed by atoms with Gasteiger partial charge in [0.05, 0.1) is 5.92 Å². The molecule has 0 radical (unpaired) electrons. The third kappa shape index (κ3) is 0.943. The van der Waals surface area contributed by atoms with Crippen molar-refractivity contribution < 1.29 is 14.3 Å². The minimum Gasteiger partial charge on any atom is -0.461 e. The van der Waals surface area contributed by atoms with Crippen LogP contribution in [0.3, 0.4) is 0 Å². The molecule has 1 fully saturated rings. The molecule has 1 aliphatic heterocycles. The highest BCUT2D eigenvalue weighted by atomic mass is 16.5. The smallest absolute Gasteiger partial charge is 0.334 e. The fourth-order valence-corrected chi connectivity index (χ4v) is 0.857. The quantitative estimate of drug-likeness (QED) is 0.388. The Kier molecular flexibility index (Phi) is 1.57. The minimum atomic E-state index is -0.444. The van der Waals surface area contributed by atoms with Gasteiger partial charge in [-0.25, -0.2) is 4.79 Å². The average molecular weight is 140 g/mol. The zero-order valence-corrected chi connectivity index (χ0v) is 5.72. The molecule has 1 rings (SSSR count). The molecule has 0 bridgehead atoms. The van der Waals surface area contributed by atoms with Crippen molar-refractivity contribution in [3.05, 3.63) is 12.2 Å². The monoisotopic (exact) mass is 140 g/mol. The molecule has 10 heavy (non-hydrogen) atoms. The summed E-state index contributed by atoms with van der Waals surface area (Å²) in [6, 6.07) is 0. The predicted octanol–water partition coefficient (Wildman–Crippen LogP) is 0.305. The summed E-state index contributed by atoms with van der Waals surface area (Å²) >= 11 is 0. The Labute approximate surface area is 58.7 Å². The van der Waals surface area contributed by atoms with Crippen LogP contribution in [0.25, 0.3) is 0 Å². The molecule has 0 saturated carbocycles. The van der Waals surface area contributed by atoms with E-state index in [0.29, 0.717) is 0 Å². The summed E-state index contributed by atoms with van der Waals surface area (Å²) in [6.07, 6.45) is 0. The van der Waals surface area contributed by atoms with Gasteiger partial charge < -0.3 is 4.74 Å². The molecule has 1 atom stereocenters. The maximum atomic E-state index is 10.7. The third-order valence-electron chi connectivity index (χ3n) is 1.55. The second kappa shape index (κ2) is 2.25. The van der Waals surface area contributed by atoms with Gasteiger partial charge in [-0.15, -0.1) is 0 Å². The van der Waals surface area contributed by atoms with Gasteiger partial charge in [-0.1, -0.05) is 6.58 Å². The van der Waals surface area contributed by atoms with Crippen LogP contribution in [0, 0.1) is 5.92 Å². The first kappa shape index (κ1) is 6.99. The molecule has 54 valence electrons. The van der Waals surface area contributed by atoms with Crippen molar-refractivity contribution >= 4 is 11.8 Å². The first-order valence-corrected chi connectivity index (χ1v) is 2.99. The lowest BCUT2D eigenvalue weighted by Crippen LogP contribution is -2.11. The Bertz CT molecular complexity index is 205. The molecule has 0 spiro atoms. The molecule has 0 aromatic carbocycles. The van der Waals surface area contributed by atoms with Crippen LogP contribution < -0.4 is 0 Å². The Morgan fingerprint density at radius 1 is 1.80 bits per heavy atom. The fourth-order valence-electron chi connectivity index (χ4n) is 0.857. The number of carbonyl (C=O) groups is 2. The largest absolute Gasteiger partial charge is 0.461 e. The van der Waals surface area contributed by atoms with E-state index in [0.717, 1.165) is 0 Å². The normalized spacial score (nSPS) is 24.7. The van der Waals surface area contributed by atoms with Crippen molar-refractivity contribution in [2.75, 3.05) is 6.61 Å². The number of Topliss-reactive ketones (excluding diaryl/α,β-unsaturated/α-hetero) is 1. The Balaban J connectivity index is 2.76. The average Bonchev–Trinajstić information content (AvgIpc) is 2.14. The van der Waals surface area contributed by atoms with E-state index in [9.17, 15) is 9.59 Å². The second-order valence-corrected chi connectivity index (χ2v) is 2.29. The number of rotatable bonds is 1. The van der Waals surface area contributed by atoms with E-state index in [1.807, 2.05) is 0 Å². The van der Waals surface area contributed by atoms with Crippen molar-refractivity contribution in [1.82, 2.24) is 0 Å². The van der Waals surface area contributed by atoms with E-state index in [2.05, 4.69) is 11.3 Å². The summed E-state index contributed by atoms with van der Waals surface area (Å²) in [5.41, 5.74) is 0.285. The highest BCUT2D eigenvalue weighted by molar-refractivity contribution is 5.99. The van der Waals surface area contributed by atoms with E-state index >= 15 is 0 Å². The van der Waals surface area contributed by atoms with E-state index in [1.54, 1.807) is 0 Å². The number of hydrogen-bond acceptors (Lipinski definition) is 3. The second-order valence-electron chi connectivity index (χ2n) is 2.29. The van der Waals surface area contributed by atoms with Gasteiger partial charge in [-0.3, -0.25) is 4.79 Å². The molecule has 0 aromatic rings. The molecule has 3 nitrogen and oxygen atoms in total. The van der Waals surface area contributed by atoms with E-state index in [1.165, 1.54) is 6.92 Å². The van der Waals surface area contributed by atoms with Gasteiger partial charge in [0.25, 0.3) is 0 Å². The SMILES string of the molecule is C=C1C(=O)OC[C@H]1C(C)=O. The summed E-state index contributed by atoms with van der Waals surface area (Å²) in [7, 11) is 0. The highest BCUT2D eigenvalue weighted by Crippen LogP contribution is 2.19. The zero-order chi connectivity index (χ0) is 7.72. The van der Waals surface area contributed by atoms with Crippen LogP contribution in [0.15, 0.2) is 12.2 Å². The lowest BCUT2D eigenvalue weighted by atomic mass is 10.0. The van der Waals surface area contributed by atoms with Gasteiger partial charge in [-0.05, 0) is 6.92 Å². The van der Waals surface area contributed by atoms with Crippen molar-refractivity contribution in [2.45, 2.75) is 6.92 Å². The molecule has 0 N–H and O–H groups in total. The predicted molar refractivity (Wildman–Crippen MR) is 34.3 cm³/mol. The van der Waals surface area contributed by atoms with Crippen LogP contribution in [-0.2, 0) is 14.3 Å². The van der Waals surface area contributed by atoms with Crippen LogP contribution in [0.1, 0.15) is 6.92 Å². The molecule has 0 aromatic heterocycles. The Morgan fingerprint density at radius 3 is 2.60 bits per heavy atom. The van der Waals surface area contributed by atoms with Crippen LogP contribution in [0.5, 0.6) is 0 Å².